The molecule has 0 spiro atoms. The summed E-state index contributed by atoms with van der Waals surface area (Å²) < 4.78 is 73.1. The van der Waals surface area contributed by atoms with Gasteiger partial charge in [-0.3, -0.25) is 0 Å². The van der Waals surface area contributed by atoms with Gasteiger partial charge in [0.2, 0.25) is 0 Å². The van der Waals surface area contributed by atoms with E-state index in [-0.39, 0.29) is 0 Å². The van der Waals surface area contributed by atoms with Crippen molar-refractivity contribution in [1.29, 1.82) is 0 Å². The summed E-state index contributed by atoms with van der Waals surface area (Å²) in [5, 5.41) is 11.1. The Morgan fingerprint density at radius 1 is 0.724 bits per heavy atom. The van der Waals surface area contributed by atoms with Gasteiger partial charge in [0.05, 0.1) is 0 Å². The normalized spacial score (nSPS) is 11.9. The summed E-state index contributed by atoms with van der Waals surface area (Å²) in [6.45, 7) is 0. The second kappa shape index (κ2) is 8.08. The van der Waals surface area contributed by atoms with E-state index < -0.39 is 27.9 Å². The molecule has 0 aliphatic heterocycles. The van der Waals surface area contributed by atoms with Gasteiger partial charge in [-0.2, -0.15) is 26.3 Å². The maximum atomic E-state index is 12.6. The number of hydrogen-bond donors (Lipinski definition) is 1. The predicted octanol–water partition coefficient (Wildman–Crippen LogP) is 8.06. The van der Waals surface area contributed by atoms with Gasteiger partial charge in [-0.25, -0.2) is 0 Å². The second-order valence-corrected chi connectivity index (χ2v) is 7.80. The van der Waals surface area contributed by atoms with Crippen LogP contribution in [0, 0.1) is 0 Å². The van der Waals surface area contributed by atoms with Gasteiger partial charge in [0.1, 0.15) is 10.4 Å². The average molecular weight is 446 g/mol. The molecular weight excluding hydrogens is 434 g/mol. The molecule has 0 unspecified atom stereocenters. The third kappa shape index (κ3) is 4.91. The van der Waals surface area contributed by atoms with E-state index in [9.17, 15) is 26.3 Å². The maximum absolute atomic E-state index is 12.6. The minimum atomic E-state index is -4.43. The van der Waals surface area contributed by atoms with E-state index in [0.29, 0.717) is 16.2 Å². The Hall–Kier alpha value is -2.52. The van der Waals surface area contributed by atoms with Gasteiger partial charge in [0.25, 0.3) is 0 Å². The van der Waals surface area contributed by atoms with Crippen LogP contribution >= 0.6 is 22.7 Å². The van der Waals surface area contributed by atoms with E-state index in [0.717, 1.165) is 39.8 Å². The Morgan fingerprint density at radius 2 is 1.41 bits per heavy atom. The van der Waals surface area contributed by atoms with Crippen molar-refractivity contribution in [3.63, 3.8) is 0 Å². The number of halogens is 6. The van der Waals surface area contributed by atoms with Crippen LogP contribution < -0.4 is 0 Å². The summed E-state index contributed by atoms with van der Waals surface area (Å²) in [4.78, 5) is 0.0829. The quantitative estimate of drug-likeness (QED) is 0.293. The minimum absolute atomic E-state index is 0.560. The number of aromatic hydroxyl groups is 1. The lowest BCUT2D eigenvalue weighted by Crippen LogP contribution is -2.02. The SMILES string of the molecule is FC(F)(F)c1ccc(-c2cccc3ccccc23)s1.Oc1sccc1C(F)(F)F. The highest BCUT2D eigenvalue weighted by Gasteiger charge is 2.34. The molecule has 0 aliphatic carbocycles. The van der Waals surface area contributed by atoms with E-state index in [1.807, 2.05) is 42.5 Å². The standard InChI is InChI=1S/C15H9F3S.C5H3F3OS/c16-15(17,18)14-9-8-13(19-14)12-7-3-5-10-4-1-2-6-11(10)12;6-5(7,8)3-1-2-10-4(3)9/h1-9H;1-2,9H. The van der Waals surface area contributed by atoms with E-state index in [1.165, 1.54) is 11.4 Å². The van der Waals surface area contributed by atoms with Crippen molar-refractivity contribution in [2.45, 2.75) is 12.4 Å². The van der Waals surface area contributed by atoms with Crippen molar-refractivity contribution >= 4 is 33.4 Å². The molecule has 1 nitrogen and oxygen atoms in total. The van der Waals surface area contributed by atoms with Crippen LogP contribution in [0.1, 0.15) is 10.4 Å². The van der Waals surface area contributed by atoms with Crippen molar-refractivity contribution < 1.29 is 31.4 Å². The zero-order valence-electron chi connectivity index (χ0n) is 14.4. The monoisotopic (exact) mass is 446 g/mol. The van der Waals surface area contributed by atoms with Crippen molar-refractivity contribution in [3.8, 4) is 15.5 Å². The average Bonchev–Trinajstić information content (AvgIpc) is 3.30. The Morgan fingerprint density at radius 3 is 1.97 bits per heavy atom. The van der Waals surface area contributed by atoms with Crippen LogP contribution in [0.3, 0.4) is 0 Å². The molecule has 0 amide bonds. The van der Waals surface area contributed by atoms with Crippen molar-refractivity contribution in [2.75, 3.05) is 0 Å². The lowest BCUT2D eigenvalue weighted by molar-refractivity contribution is -0.138. The van der Waals surface area contributed by atoms with Crippen LogP contribution in [0.4, 0.5) is 26.3 Å². The largest absolute Gasteiger partial charge is 0.499 e. The molecule has 0 saturated heterocycles. The summed E-state index contributed by atoms with van der Waals surface area (Å²) in [5.74, 6) is 0. The van der Waals surface area contributed by atoms with Gasteiger partial charge in [-0.1, -0.05) is 42.5 Å². The predicted molar refractivity (Wildman–Crippen MR) is 103 cm³/mol. The number of thiophene rings is 2. The molecule has 0 saturated carbocycles. The number of hydrogen-bond acceptors (Lipinski definition) is 3. The summed E-state index contributed by atoms with van der Waals surface area (Å²) in [7, 11) is 0. The fraction of sp³-hybridized carbons (Fsp3) is 0.100. The van der Waals surface area contributed by atoms with Crippen molar-refractivity contribution in [2.24, 2.45) is 0 Å². The Balaban J connectivity index is 0.000000204. The van der Waals surface area contributed by atoms with Crippen LogP contribution in [-0.2, 0) is 12.4 Å². The van der Waals surface area contributed by atoms with Gasteiger partial charge >= 0.3 is 12.4 Å². The van der Waals surface area contributed by atoms with Crippen LogP contribution in [0.2, 0.25) is 0 Å². The molecule has 0 radical (unpaired) electrons. The van der Waals surface area contributed by atoms with Crippen molar-refractivity contribution in [3.05, 3.63) is 76.5 Å². The molecular formula is C20H12F6OS2. The Kier molecular flexibility index (Phi) is 5.90. The van der Waals surface area contributed by atoms with Crippen LogP contribution in [-0.4, -0.2) is 5.11 Å². The highest BCUT2D eigenvalue weighted by Crippen LogP contribution is 2.40. The zero-order valence-corrected chi connectivity index (χ0v) is 16.0. The Bertz CT molecular complexity index is 1100. The molecule has 0 fully saturated rings. The molecule has 4 aromatic rings. The zero-order chi connectivity index (χ0) is 21.2. The fourth-order valence-corrected chi connectivity index (χ4v) is 4.15. The van der Waals surface area contributed by atoms with Gasteiger partial charge in [-0.15, -0.1) is 22.7 Å². The molecule has 0 aliphatic rings. The molecule has 2 aromatic heterocycles. The highest BCUT2D eigenvalue weighted by molar-refractivity contribution is 7.15. The number of fused-ring (bicyclic) bond motifs is 1. The third-order valence-electron chi connectivity index (χ3n) is 3.89. The molecule has 4 rings (SSSR count). The first-order chi connectivity index (χ1) is 13.6. The van der Waals surface area contributed by atoms with Gasteiger partial charge in [-0.05, 0) is 39.9 Å². The molecule has 1 N–H and O–H groups in total. The van der Waals surface area contributed by atoms with E-state index >= 15 is 0 Å². The topological polar surface area (TPSA) is 20.2 Å². The minimum Gasteiger partial charge on any atom is -0.499 e. The van der Waals surface area contributed by atoms with Crippen molar-refractivity contribution in [1.82, 2.24) is 0 Å². The van der Waals surface area contributed by atoms with Crippen LogP contribution in [0.25, 0.3) is 21.2 Å². The first-order valence-electron chi connectivity index (χ1n) is 8.06. The van der Waals surface area contributed by atoms with Gasteiger partial charge < -0.3 is 5.11 Å². The van der Waals surface area contributed by atoms with E-state index in [1.54, 1.807) is 0 Å². The van der Waals surface area contributed by atoms with Gasteiger partial charge in [0, 0.05) is 4.88 Å². The molecule has 2 heterocycles. The molecule has 2 aromatic carbocycles. The summed E-state index contributed by atoms with van der Waals surface area (Å²) in [5.41, 5.74) is -0.115. The smallest absolute Gasteiger partial charge is 0.425 e. The number of alkyl halides is 6. The van der Waals surface area contributed by atoms with E-state index in [4.69, 9.17) is 5.11 Å². The molecule has 152 valence electrons. The fourth-order valence-electron chi connectivity index (χ4n) is 2.59. The molecule has 0 bridgehead atoms. The lowest BCUT2D eigenvalue weighted by Gasteiger charge is -2.04. The molecule has 0 atom stereocenters. The lowest BCUT2D eigenvalue weighted by atomic mass is 10.0. The van der Waals surface area contributed by atoms with Gasteiger partial charge in [0.15, 0.2) is 5.06 Å². The number of benzene rings is 2. The third-order valence-corrected chi connectivity index (χ3v) is 5.77. The first kappa shape index (κ1) is 21.2. The Labute approximate surface area is 169 Å². The van der Waals surface area contributed by atoms with Crippen LogP contribution in [0.15, 0.2) is 66.0 Å². The number of rotatable bonds is 1. The highest BCUT2D eigenvalue weighted by atomic mass is 32.1. The summed E-state index contributed by atoms with van der Waals surface area (Å²) in [6, 6.07) is 16.9. The summed E-state index contributed by atoms with van der Waals surface area (Å²) in [6.07, 6.45) is -8.70. The summed E-state index contributed by atoms with van der Waals surface area (Å²) >= 11 is 1.45. The van der Waals surface area contributed by atoms with Crippen LogP contribution in [0.5, 0.6) is 5.06 Å². The van der Waals surface area contributed by atoms with E-state index in [2.05, 4.69) is 0 Å². The second-order valence-electron chi connectivity index (χ2n) is 5.83. The molecule has 9 heteroatoms. The molecule has 29 heavy (non-hydrogen) atoms. The maximum Gasteiger partial charge on any atom is 0.425 e. The first-order valence-corrected chi connectivity index (χ1v) is 9.76.